The molecular weight excluding hydrogens is 462 g/mol. The van der Waals surface area contributed by atoms with Crippen LogP contribution >= 0.6 is 0 Å². The number of nitrogens with zero attached hydrogens (tertiary/aromatic N) is 2. The van der Waals surface area contributed by atoms with E-state index in [0.29, 0.717) is 11.7 Å². The molecule has 1 aliphatic heterocycles. The number of ether oxygens (including phenoxy) is 2. The highest BCUT2D eigenvalue weighted by atomic mass is 16.5. The Kier molecular flexibility index (Phi) is 7.73. The number of fused-ring (bicyclic) bond motifs is 1. The van der Waals surface area contributed by atoms with Gasteiger partial charge < -0.3 is 19.4 Å². The Balaban J connectivity index is 1.11. The van der Waals surface area contributed by atoms with E-state index in [4.69, 9.17) is 9.47 Å². The van der Waals surface area contributed by atoms with E-state index in [1.807, 2.05) is 67.3 Å². The highest BCUT2D eigenvalue weighted by Gasteiger charge is 2.23. The SMILES string of the molecule is CC(C)Oc1cccc(CCC2CCN(C(=O)COc3ccccc3-c3ccc4[nH]cnc4c3)CC2)c1. The number of likely N-dealkylation sites (tertiary alicyclic amines) is 1. The average molecular weight is 498 g/mol. The van der Waals surface area contributed by atoms with Crippen LogP contribution in [0.25, 0.3) is 22.2 Å². The Bertz CT molecular complexity index is 1340. The van der Waals surface area contributed by atoms with Crippen molar-refractivity contribution in [1.82, 2.24) is 14.9 Å². The van der Waals surface area contributed by atoms with Gasteiger partial charge >= 0.3 is 0 Å². The molecule has 1 amide bonds. The Morgan fingerprint density at radius 2 is 1.89 bits per heavy atom. The number of piperidine rings is 1. The average Bonchev–Trinajstić information content (AvgIpc) is 3.39. The van der Waals surface area contributed by atoms with Crippen molar-refractivity contribution >= 4 is 16.9 Å². The van der Waals surface area contributed by atoms with Crippen molar-refractivity contribution in [1.29, 1.82) is 0 Å². The summed E-state index contributed by atoms with van der Waals surface area (Å²) in [5, 5.41) is 0. The highest BCUT2D eigenvalue weighted by Crippen LogP contribution is 2.31. The molecule has 0 aliphatic carbocycles. The molecule has 5 rings (SSSR count). The van der Waals surface area contributed by atoms with E-state index in [0.717, 1.165) is 66.7 Å². The van der Waals surface area contributed by atoms with E-state index in [-0.39, 0.29) is 18.6 Å². The molecule has 0 radical (unpaired) electrons. The van der Waals surface area contributed by atoms with Gasteiger partial charge in [0.05, 0.1) is 23.5 Å². The number of benzene rings is 3. The van der Waals surface area contributed by atoms with Crippen LogP contribution in [0.5, 0.6) is 11.5 Å². The zero-order valence-corrected chi connectivity index (χ0v) is 21.7. The summed E-state index contributed by atoms with van der Waals surface area (Å²) in [6, 6.07) is 22.4. The lowest BCUT2D eigenvalue weighted by Gasteiger charge is -2.32. The third-order valence-corrected chi connectivity index (χ3v) is 7.05. The number of para-hydroxylation sites is 1. The summed E-state index contributed by atoms with van der Waals surface area (Å²) in [7, 11) is 0. The quantitative estimate of drug-likeness (QED) is 0.296. The molecule has 1 aromatic heterocycles. The van der Waals surface area contributed by atoms with Gasteiger partial charge in [0, 0.05) is 18.7 Å². The van der Waals surface area contributed by atoms with Gasteiger partial charge in [-0.1, -0.05) is 36.4 Å². The summed E-state index contributed by atoms with van der Waals surface area (Å²) in [4.78, 5) is 22.4. The van der Waals surface area contributed by atoms with Crippen molar-refractivity contribution in [3.8, 4) is 22.6 Å². The van der Waals surface area contributed by atoms with Gasteiger partial charge in [-0.05, 0) is 86.9 Å². The number of hydrogen-bond donors (Lipinski definition) is 1. The van der Waals surface area contributed by atoms with E-state index >= 15 is 0 Å². The van der Waals surface area contributed by atoms with E-state index in [1.54, 1.807) is 6.33 Å². The van der Waals surface area contributed by atoms with Gasteiger partial charge in [0.2, 0.25) is 0 Å². The predicted octanol–water partition coefficient (Wildman–Crippen LogP) is 6.27. The van der Waals surface area contributed by atoms with Gasteiger partial charge in [0.15, 0.2) is 6.61 Å². The van der Waals surface area contributed by atoms with Crippen molar-refractivity contribution in [2.75, 3.05) is 19.7 Å². The molecule has 6 nitrogen and oxygen atoms in total. The van der Waals surface area contributed by atoms with Crippen LogP contribution in [-0.4, -0.2) is 46.6 Å². The second kappa shape index (κ2) is 11.5. The summed E-state index contributed by atoms with van der Waals surface area (Å²) in [5.74, 6) is 2.34. The molecule has 1 N–H and O–H groups in total. The smallest absolute Gasteiger partial charge is 0.260 e. The summed E-state index contributed by atoms with van der Waals surface area (Å²) in [6.45, 7) is 5.73. The van der Waals surface area contributed by atoms with Crippen molar-refractivity contribution in [2.45, 2.75) is 45.6 Å². The number of carbonyl (C=O) groups excluding carboxylic acids is 1. The Hall–Kier alpha value is -3.80. The number of H-pyrrole nitrogens is 1. The molecule has 0 atom stereocenters. The minimum absolute atomic E-state index is 0.0505. The first-order valence-electron chi connectivity index (χ1n) is 13.2. The Morgan fingerprint density at radius 3 is 2.73 bits per heavy atom. The fraction of sp³-hybridized carbons (Fsp3) is 0.355. The third-order valence-electron chi connectivity index (χ3n) is 7.05. The fourth-order valence-electron chi connectivity index (χ4n) is 5.05. The van der Waals surface area contributed by atoms with Crippen LogP contribution in [0.3, 0.4) is 0 Å². The summed E-state index contributed by atoms with van der Waals surface area (Å²) >= 11 is 0. The molecule has 3 aromatic carbocycles. The Labute approximate surface area is 218 Å². The number of hydrogen-bond acceptors (Lipinski definition) is 4. The molecule has 1 fully saturated rings. The molecular formula is C31H35N3O3. The maximum absolute atomic E-state index is 12.9. The number of aromatic amines is 1. The first-order chi connectivity index (χ1) is 18.0. The first-order valence-corrected chi connectivity index (χ1v) is 13.2. The van der Waals surface area contributed by atoms with Gasteiger partial charge in [-0.25, -0.2) is 4.98 Å². The molecule has 0 bridgehead atoms. The number of carbonyl (C=O) groups is 1. The predicted molar refractivity (Wildman–Crippen MR) is 147 cm³/mol. The normalized spacial score (nSPS) is 14.3. The second-order valence-corrected chi connectivity index (χ2v) is 10.1. The fourth-order valence-corrected chi connectivity index (χ4v) is 5.05. The summed E-state index contributed by atoms with van der Waals surface area (Å²) < 4.78 is 11.9. The van der Waals surface area contributed by atoms with Gasteiger partial charge in [0.25, 0.3) is 5.91 Å². The van der Waals surface area contributed by atoms with Crippen LogP contribution < -0.4 is 9.47 Å². The summed E-state index contributed by atoms with van der Waals surface area (Å²) in [6.07, 6.45) is 6.12. The van der Waals surface area contributed by atoms with E-state index < -0.39 is 0 Å². The first kappa shape index (κ1) is 24.9. The number of aromatic nitrogens is 2. The topological polar surface area (TPSA) is 67.4 Å². The maximum atomic E-state index is 12.9. The van der Waals surface area contributed by atoms with Crippen LogP contribution in [0.4, 0.5) is 0 Å². The van der Waals surface area contributed by atoms with E-state index in [9.17, 15) is 4.79 Å². The van der Waals surface area contributed by atoms with Crippen LogP contribution in [-0.2, 0) is 11.2 Å². The molecule has 1 saturated heterocycles. The highest BCUT2D eigenvalue weighted by molar-refractivity contribution is 5.83. The zero-order valence-electron chi connectivity index (χ0n) is 21.7. The van der Waals surface area contributed by atoms with Gasteiger partial charge in [0.1, 0.15) is 11.5 Å². The molecule has 1 aliphatic rings. The van der Waals surface area contributed by atoms with Crippen molar-refractivity contribution in [2.24, 2.45) is 5.92 Å². The van der Waals surface area contributed by atoms with E-state index in [2.05, 4.69) is 28.2 Å². The Morgan fingerprint density at radius 1 is 1.05 bits per heavy atom. The molecule has 37 heavy (non-hydrogen) atoms. The van der Waals surface area contributed by atoms with Crippen LogP contribution in [0.15, 0.2) is 73.1 Å². The van der Waals surface area contributed by atoms with Crippen molar-refractivity contribution < 1.29 is 14.3 Å². The molecule has 4 aromatic rings. The number of imidazole rings is 1. The third kappa shape index (κ3) is 6.31. The van der Waals surface area contributed by atoms with Crippen LogP contribution in [0.1, 0.15) is 38.7 Å². The standard InChI is InChI=1S/C31H35N3O3/c1-22(2)37-26-7-5-6-24(18-26)11-10-23-14-16-34(17-15-23)31(35)20-36-30-9-4-3-8-27(30)25-12-13-28-29(19-25)33-21-32-28/h3-9,12-13,18-19,21-23H,10-11,14-17,20H2,1-2H3,(H,32,33). The van der Waals surface area contributed by atoms with Crippen LogP contribution in [0, 0.1) is 5.92 Å². The number of amides is 1. The van der Waals surface area contributed by atoms with E-state index in [1.165, 1.54) is 5.56 Å². The molecule has 2 heterocycles. The lowest BCUT2D eigenvalue weighted by molar-refractivity contribution is -0.134. The number of nitrogens with one attached hydrogen (secondary N) is 1. The zero-order chi connectivity index (χ0) is 25.6. The molecule has 0 unspecified atom stereocenters. The van der Waals surface area contributed by atoms with Crippen molar-refractivity contribution in [3.63, 3.8) is 0 Å². The number of rotatable bonds is 9. The largest absolute Gasteiger partial charge is 0.491 e. The lowest BCUT2D eigenvalue weighted by atomic mass is 9.90. The van der Waals surface area contributed by atoms with Crippen molar-refractivity contribution in [3.05, 3.63) is 78.6 Å². The van der Waals surface area contributed by atoms with Gasteiger partial charge in [-0.15, -0.1) is 0 Å². The molecule has 0 spiro atoms. The molecule has 0 saturated carbocycles. The minimum atomic E-state index is 0.0505. The van der Waals surface area contributed by atoms with Crippen LogP contribution in [0.2, 0.25) is 0 Å². The molecule has 192 valence electrons. The minimum Gasteiger partial charge on any atom is -0.491 e. The maximum Gasteiger partial charge on any atom is 0.260 e. The lowest BCUT2D eigenvalue weighted by Crippen LogP contribution is -2.41. The monoisotopic (exact) mass is 497 g/mol. The number of aryl methyl sites for hydroxylation is 1. The summed E-state index contributed by atoms with van der Waals surface area (Å²) in [5.41, 5.74) is 5.19. The van der Waals surface area contributed by atoms with Gasteiger partial charge in [-0.3, -0.25) is 4.79 Å². The second-order valence-electron chi connectivity index (χ2n) is 10.1. The molecule has 6 heteroatoms. The van der Waals surface area contributed by atoms with Gasteiger partial charge in [-0.2, -0.15) is 0 Å².